The predicted octanol–water partition coefficient (Wildman–Crippen LogP) is 4.27. The number of hydrogen-bond acceptors (Lipinski definition) is 3. The van der Waals surface area contributed by atoms with E-state index in [0.717, 1.165) is 53.5 Å². The number of allylic oxidation sites excluding steroid dienone is 3. The fraction of sp³-hybridized carbons (Fsp3) is 0.444. The van der Waals surface area contributed by atoms with Gasteiger partial charge < -0.3 is 9.64 Å². The van der Waals surface area contributed by atoms with Crippen LogP contribution in [-0.2, 0) is 4.74 Å². The molecule has 22 heavy (non-hydrogen) atoms. The summed E-state index contributed by atoms with van der Waals surface area (Å²) in [5.41, 5.74) is 5.95. The smallest absolute Gasteiger partial charge is 0.102 e. The van der Waals surface area contributed by atoms with Crippen LogP contribution in [0.4, 0.5) is 0 Å². The highest BCUT2D eigenvalue weighted by atomic mass is 32.2. The molecule has 2 heterocycles. The van der Waals surface area contributed by atoms with Gasteiger partial charge in [0.25, 0.3) is 0 Å². The molecule has 2 aliphatic heterocycles. The zero-order valence-electron chi connectivity index (χ0n) is 13.1. The van der Waals surface area contributed by atoms with E-state index in [1.54, 1.807) is 6.08 Å². The molecule has 0 radical (unpaired) electrons. The monoisotopic (exact) mass is 333 g/mol. The van der Waals surface area contributed by atoms with Gasteiger partial charge in [-0.15, -0.1) is 17.5 Å². The van der Waals surface area contributed by atoms with Crippen molar-refractivity contribution >= 4 is 29.0 Å². The van der Waals surface area contributed by atoms with Gasteiger partial charge in [-0.25, -0.2) is 0 Å². The first-order valence-electron chi connectivity index (χ1n) is 7.53. The van der Waals surface area contributed by atoms with Crippen LogP contribution in [0.5, 0.6) is 0 Å². The summed E-state index contributed by atoms with van der Waals surface area (Å²) in [5.74, 6) is 0.870. The Morgan fingerprint density at radius 2 is 2.36 bits per heavy atom. The van der Waals surface area contributed by atoms with E-state index in [-0.39, 0.29) is 11.5 Å². The topological polar surface area (TPSA) is 12.5 Å². The standard InChI is InChI=1S/C18H23NOS2/c1-5-13(4)15(6-2)16(7-3)18-19(17(21)12-22-18)11-14-9-8-10-20-14/h5,7,14,18H,1-2,4,8-12H2,3H3/b16-7+. The van der Waals surface area contributed by atoms with Gasteiger partial charge in [0.2, 0.25) is 0 Å². The molecule has 0 saturated carbocycles. The molecule has 4 heteroatoms. The van der Waals surface area contributed by atoms with Crippen molar-refractivity contribution in [2.75, 3.05) is 18.9 Å². The summed E-state index contributed by atoms with van der Waals surface area (Å²) in [6, 6.07) is 0. The third kappa shape index (κ3) is 3.64. The number of rotatable bonds is 6. The Morgan fingerprint density at radius 3 is 2.91 bits per heavy atom. The lowest BCUT2D eigenvalue weighted by atomic mass is 9.98. The van der Waals surface area contributed by atoms with Crippen LogP contribution in [0.2, 0.25) is 0 Å². The SMILES string of the molecule is C=C=C(C(=C)C=C)/C(=C\C)C1SCC(=S)N1CC1CCCO1. The molecule has 0 aromatic carbocycles. The zero-order chi connectivity index (χ0) is 16.1. The van der Waals surface area contributed by atoms with Gasteiger partial charge >= 0.3 is 0 Å². The zero-order valence-corrected chi connectivity index (χ0v) is 14.8. The van der Waals surface area contributed by atoms with E-state index >= 15 is 0 Å². The molecule has 2 saturated heterocycles. The molecule has 0 N–H and O–H groups in total. The van der Waals surface area contributed by atoms with Crippen LogP contribution in [0, 0.1) is 0 Å². The summed E-state index contributed by atoms with van der Waals surface area (Å²) in [6.45, 7) is 15.4. The lowest BCUT2D eigenvalue weighted by Gasteiger charge is -2.30. The Morgan fingerprint density at radius 1 is 1.59 bits per heavy atom. The minimum Gasteiger partial charge on any atom is -0.376 e. The van der Waals surface area contributed by atoms with Gasteiger partial charge in [0.15, 0.2) is 0 Å². The lowest BCUT2D eigenvalue weighted by molar-refractivity contribution is 0.0923. The molecule has 0 aromatic rings. The minimum absolute atomic E-state index is 0.183. The first-order valence-corrected chi connectivity index (χ1v) is 8.99. The molecule has 2 rings (SSSR count). The van der Waals surface area contributed by atoms with E-state index in [4.69, 9.17) is 17.0 Å². The molecule has 0 aliphatic carbocycles. The quantitative estimate of drug-likeness (QED) is 0.409. The van der Waals surface area contributed by atoms with Crippen molar-refractivity contribution in [3.63, 3.8) is 0 Å². The van der Waals surface area contributed by atoms with Crippen LogP contribution in [0.15, 0.2) is 54.3 Å². The molecular formula is C18H23NOS2. The number of thiocarbonyl (C=S) groups is 1. The molecular weight excluding hydrogens is 310 g/mol. The van der Waals surface area contributed by atoms with Crippen molar-refractivity contribution in [1.82, 2.24) is 4.90 Å². The van der Waals surface area contributed by atoms with Gasteiger partial charge in [-0.05, 0) is 30.9 Å². The molecule has 2 fully saturated rings. The number of thioether (sulfide) groups is 1. The fourth-order valence-electron chi connectivity index (χ4n) is 2.83. The molecule has 0 bridgehead atoms. The number of ether oxygens (including phenoxy) is 1. The summed E-state index contributed by atoms with van der Waals surface area (Å²) in [5, 5.41) is 0.183. The maximum atomic E-state index is 5.78. The first-order chi connectivity index (χ1) is 10.6. The predicted molar refractivity (Wildman–Crippen MR) is 100 cm³/mol. The Balaban J connectivity index is 2.23. The second-order valence-electron chi connectivity index (χ2n) is 5.37. The van der Waals surface area contributed by atoms with Crippen LogP contribution in [0.3, 0.4) is 0 Å². The largest absolute Gasteiger partial charge is 0.376 e. The van der Waals surface area contributed by atoms with Crippen LogP contribution < -0.4 is 0 Å². The van der Waals surface area contributed by atoms with Crippen molar-refractivity contribution < 1.29 is 4.74 Å². The Kier molecular flexibility index (Phi) is 6.27. The van der Waals surface area contributed by atoms with E-state index < -0.39 is 0 Å². The number of hydrogen-bond donors (Lipinski definition) is 0. The summed E-state index contributed by atoms with van der Waals surface area (Å²) in [6.07, 6.45) is 6.40. The molecule has 0 spiro atoms. The molecule has 2 nitrogen and oxygen atoms in total. The highest BCUT2D eigenvalue weighted by molar-refractivity contribution is 8.02. The average Bonchev–Trinajstić information content (AvgIpc) is 3.16. The van der Waals surface area contributed by atoms with Crippen LogP contribution in [0.25, 0.3) is 0 Å². The summed E-state index contributed by atoms with van der Waals surface area (Å²) in [7, 11) is 0. The Labute approximate surface area is 143 Å². The second-order valence-corrected chi connectivity index (χ2v) is 6.91. The Hall–Kier alpha value is -1.06. The normalized spacial score (nSPS) is 25.2. The van der Waals surface area contributed by atoms with Gasteiger partial charge in [-0.2, -0.15) is 0 Å². The molecule has 0 amide bonds. The van der Waals surface area contributed by atoms with Crippen LogP contribution >= 0.6 is 24.0 Å². The molecule has 0 aromatic heterocycles. The maximum Gasteiger partial charge on any atom is 0.102 e. The summed E-state index contributed by atoms with van der Waals surface area (Å²) >= 11 is 7.41. The van der Waals surface area contributed by atoms with Gasteiger partial charge in [0.05, 0.1) is 11.1 Å². The second kappa shape index (κ2) is 7.98. The highest BCUT2D eigenvalue weighted by Gasteiger charge is 2.35. The fourth-order valence-corrected chi connectivity index (χ4v) is 4.57. The molecule has 2 aliphatic rings. The number of nitrogens with zero attached hydrogens (tertiary/aromatic N) is 1. The highest BCUT2D eigenvalue weighted by Crippen LogP contribution is 2.37. The van der Waals surface area contributed by atoms with Crippen molar-refractivity contribution in [2.45, 2.75) is 31.2 Å². The van der Waals surface area contributed by atoms with Crippen molar-refractivity contribution in [1.29, 1.82) is 0 Å². The van der Waals surface area contributed by atoms with Crippen molar-refractivity contribution in [3.8, 4) is 0 Å². The van der Waals surface area contributed by atoms with Gasteiger partial charge in [0.1, 0.15) is 5.37 Å². The van der Waals surface area contributed by atoms with E-state index in [9.17, 15) is 0 Å². The molecule has 2 unspecified atom stereocenters. The third-order valence-electron chi connectivity index (χ3n) is 4.00. The minimum atomic E-state index is 0.183. The lowest BCUT2D eigenvalue weighted by Crippen LogP contribution is -2.39. The van der Waals surface area contributed by atoms with Crippen molar-refractivity contribution in [2.24, 2.45) is 0 Å². The van der Waals surface area contributed by atoms with Crippen molar-refractivity contribution in [3.05, 3.63) is 54.3 Å². The summed E-state index contributed by atoms with van der Waals surface area (Å²) < 4.78 is 5.78. The first kappa shape index (κ1) is 17.3. The van der Waals surface area contributed by atoms with Crippen LogP contribution in [0.1, 0.15) is 19.8 Å². The summed E-state index contributed by atoms with van der Waals surface area (Å²) in [4.78, 5) is 3.29. The van der Waals surface area contributed by atoms with Gasteiger partial charge in [-0.1, -0.05) is 44.1 Å². The molecule has 118 valence electrons. The maximum absolute atomic E-state index is 5.78. The van der Waals surface area contributed by atoms with E-state index in [1.807, 2.05) is 18.7 Å². The van der Waals surface area contributed by atoms with E-state index in [0.29, 0.717) is 0 Å². The van der Waals surface area contributed by atoms with Crippen LogP contribution in [-0.4, -0.2) is 40.3 Å². The van der Waals surface area contributed by atoms with E-state index in [2.05, 4.69) is 36.4 Å². The van der Waals surface area contributed by atoms with Gasteiger partial charge in [-0.3, -0.25) is 0 Å². The average molecular weight is 334 g/mol. The van der Waals surface area contributed by atoms with Gasteiger partial charge in [0, 0.05) is 24.5 Å². The molecule has 2 atom stereocenters. The Bertz CT molecular complexity index is 551. The third-order valence-corrected chi connectivity index (χ3v) is 5.83. The van der Waals surface area contributed by atoms with E-state index in [1.165, 1.54) is 0 Å².